The largest absolute Gasteiger partial charge is 0.469 e. The third-order valence-electron chi connectivity index (χ3n) is 3.53. The number of furan rings is 1. The zero-order valence-corrected chi connectivity index (χ0v) is 13.7. The molecule has 5 nitrogen and oxygen atoms in total. The van der Waals surface area contributed by atoms with Crippen molar-refractivity contribution in [3.8, 4) is 0 Å². The summed E-state index contributed by atoms with van der Waals surface area (Å²) in [5, 5.41) is 3.43. The first-order valence-corrected chi connectivity index (χ1v) is 7.82. The lowest BCUT2D eigenvalue weighted by Crippen LogP contribution is -2.40. The summed E-state index contributed by atoms with van der Waals surface area (Å²) in [5.41, 5.74) is 1.26. The average Bonchev–Trinajstić information content (AvgIpc) is 3.15. The number of aliphatic imine (C=N–C) groups is 1. The van der Waals surface area contributed by atoms with E-state index in [1.54, 1.807) is 6.26 Å². The molecule has 0 fully saturated rings. The number of hydrogen-bond acceptors (Lipinski definition) is 2. The molecule has 22 heavy (non-hydrogen) atoms. The lowest BCUT2D eigenvalue weighted by Gasteiger charge is -2.22. The molecule has 0 aliphatic carbocycles. The zero-order chi connectivity index (χ0) is 15.8. The van der Waals surface area contributed by atoms with E-state index in [0.717, 1.165) is 44.2 Å². The van der Waals surface area contributed by atoms with Gasteiger partial charge in [-0.2, -0.15) is 0 Å². The maximum atomic E-state index is 5.36. The van der Waals surface area contributed by atoms with E-state index >= 15 is 0 Å². The van der Waals surface area contributed by atoms with Crippen LogP contribution in [0, 0.1) is 0 Å². The highest BCUT2D eigenvalue weighted by Crippen LogP contribution is 2.04. The predicted octanol–water partition coefficient (Wildman–Crippen LogP) is 2.65. The molecule has 0 aliphatic heterocycles. The standard InChI is InChI=1S/C17H26N4O/c1-4-10-18-17(19-11-9-16-8-6-13-22-16)21(3)14-15-7-5-12-20(15)2/h5-8,12-13H,4,9-11,14H2,1-3H3,(H,18,19). The van der Waals surface area contributed by atoms with Crippen LogP contribution in [-0.2, 0) is 20.0 Å². The van der Waals surface area contributed by atoms with Crippen molar-refractivity contribution in [3.05, 3.63) is 48.2 Å². The lowest BCUT2D eigenvalue weighted by atomic mass is 10.3. The minimum Gasteiger partial charge on any atom is -0.469 e. The van der Waals surface area contributed by atoms with Gasteiger partial charge in [-0.1, -0.05) is 6.92 Å². The van der Waals surface area contributed by atoms with Crippen LogP contribution < -0.4 is 5.32 Å². The number of rotatable bonds is 7. The lowest BCUT2D eigenvalue weighted by molar-refractivity contribution is 0.456. The van der Waals surface area contributed by atoms with E-state index in [9.17, 15) is 0 Å². The van der Waals surface area contributed by atoms with Crippen molar-refractivity contribution < 1.29 is 4.42 Å². The molecule has 0 atom stereocenters. The number of hydrogen-bond donors (Lipinski definition) is 1. The topological polar surface area (TPSA) is 45.7 Å². The van der Waals surface area contributed by atoms with Crippen molar-refractivity contribution in [2.24, 2.45) is 12.0 Å². The third kappa shape index (κ3) is 4.69. The van der Waals surface area contributed by atoms with E-state index in [1.807, 2.05) is 12.1 Å². The van der Waals surface area contributed by atoms with Crippen molar-refractivity contribution in [2.75, 3.05) is 20.1 Å². The summed E-state index contributed by atoms with van der Waals surface area (Å²) in [6.45, 7) is 4.62. The first-order valence-electron chi connectivity index (χ1n) is 7.82. The number of aromatic nitrogens is 1. The molecular weight excluding hydrogens is 276 g/mol. The fraction of sp³-hybridized carbons (Fsp3) is 0.471. The highest BCUT2D eigenvalue weighted by molar-refractivity contribution is 5.79. The molecule has 0 saturated carbocycles. The molecule has 120 valence electrons. The predicted molar refractivity (Wildman–Crippen MR) is 89.9 cm³/mol. The number of nitrogens with zero attached hydrogens (tertiary/aromatic N) is 3. The average molecular weight is 302 g/mol. The second kappa shape index (κ2) is 8.32. The normalized spacial score (nSPS) is 11.7. The maximum absolute atomic E-state index is 5.36. The molecule has 0 radical (unpaired) electrons. The second-order valence-electron chi connectivity index (χ2n) is 5.43. The fourth-order valence-electron chi connectivity index (χ4n) is 2.26. The quantitative estimate of drug-likeness (QED) is 0.632. The van der Waals surface area contributed by atoms with Gasteiger partial charge >= 0.3 is 0 Å². The maximum Gasteiger partial charge on any atom is 0.194 e. The number of nitrogens with one attached hydrogen (secondary N) is 1. The summed E-state index contributed by atoms with van der Waals surface area (Å²) in [6.07, 6.45) is 5.68. The first kappa shape index (κ1) is 16.2. The minimum atomic E-state index is 0.813. The molecule has 0 bridgehead atoms. The van der Waals surface area contributed by atoms with Gasteiger partial charge < -0.3 is 19.2 Å². The van der Waals surface area contributed by atoms with Gasteiger partial charge in [-0.15, -0.1) is 0 Å². The molecule has 2 aromatic rings. The van der Waals surface area contributed by atoms with Crippen molar-refractivity contribution in [2.45, 2.75) is 26.3 Å². The van der Waals surface area contributed by atoms with Crippen LogP contribution in [0.2, 0.25) is 0 Å². The highest BCUT2D eigenvalue weighted by atomic mass is 16.3. The molecule has 5 heteroatoms. The van der Waals surface area contributed by atoms with Crippen LogP contribution in [0.4, 0.5) is 0 Å². The van der Waals surface area contributed by atoms with Crippen molar-refractivity contribution in [1.82, 2.24) is 14.8 Å². The third-order valence-corrected chi connectivity index (χ3v) is 3.53. The fourth-order valence-corrected chi connectivity index (χ4v) is 2.26. The molecule has 2 rings (SSSR count). The van der Waals surface area contributed by atoms with Gasteiger partial charge in [0.1, 0.15) is 5.76 Å². The summed E-state index contributed by atoms with van der Waals surface area (Å²) in [7, 11) is 4.14. The van der Waals surface area contributed by atoms with Crippen molar-refractivity contribution >= 4 is 5.96 Å². The SMILES string of the molecule is CCCN=C(NCCc1ccco1)N(C)Cc1cccn1C. The molecule has 0 aliphatic rings. The summed E-state index contributed by atoms with van der Waals surface area (Å²) >= 11 is 0. The zero-order valence-electron chi connectivity index (χ0n) is 13.7. The Balaban J connectivity index is 1.91. The Morgan fingerprint density at radius 1 is 1.36 bits per heavy atom. The van der Waals surface area contributed by atoms with Crippen LogP contribution in [0.1, 0.15) is 24.8 Å². The molecule has 0 saturated heterocycles. The van der Waals surface area contributed by atoms with Crippen LogP contribution >= 0.6 is 0 Å². The van der Waals surface area contributed by atoms with E-state index in [0.29, 0.717) is 0 Å². The molecule has 0 spiro atoms. The van der Waals surface area contributed by atoms with E-state index in [4.69, 9.17) is 4.42 Å². The number of guanidine groups is 1. The van der Waals surface area contributed by atoms with Gasteiger partial charge in [-0.25, -0.2) is 0 Å². The summed E-state index contributed by atoms with van der Waals surface area (Å²) in [4.78, 5) is 6.82. The molecule has 2 aromatic heterocycles. The monoisotopic (exact) mass is 302 g/mol. The molecular formula is C17H26N4O. The van der Waals surface area contributed by atoms with Gasteiger partial charge in [0, 0.05) is 45.5 Å². The van der Waals surface area contributed by atoms with Gasteiger partial charge in [-0.05, 0) is 30.7 Å². The Labute approximate surface area is 132 Å². The van der Waals surface area contributed by atoms with E-state index < -0.39 is 0 Å². The van der Waals surface area contributed by atoms with Crippen LogP contribution in [0.3, 0.4) is 0 Å². The molecule has 0 unspecified atom stereocenters. The van der Waals surface area contributed by atoms with Crippen LogP contribution in [0.5, 0.6) is 0 Å². The van der Waals surface area contributed by atoms with Crippen LogP contribution in [0.25, 0.3) is 0 Å². The summed E-state index contributed by atoms with van der Waals surface area (Å²) < 4.78 is 7.50. The van der Waals surface area contributed by atoms with Crippen LogP contribution in [0.15, 0.2) is 46.1 Å². The Kier molecular flexibility index (Phi) is 6.13. The Hall–Kier alpha value is -2.17. The van der Waals surface area contributed by atoms with E-state index in [-0.39, 0.29) is 0 Å². The van der Waals surface area contributed by atoms with Crippen molar-refractivity contribution in [1.29, 1.82) is 0 Å². The van der Waals surface area contributed by atoms with Gasteiger partial charge in [0.25, 0.3) is 0 Å². The van der Waals surface area contributed by atoms with E-state index in [2.05, 4.69) is 59.1 Å². The Morgan fingerprint density at radius 2 is 2.23 bits per heavy atom. The van der Waals surface area contributed by atoms with Gasteiger partial charge in [0.2, 0.25) is 0 Å². The first-order chi connectivity index (χ1) is 10.7. The second-order valence-corrected chi connectivity index (χ2v) is 5.43. The van der Waals surface area contributed by atoms with E-state index in [1.165, 1.54) is 5.69 Å². The highest BCUT2D eigenvalue weighted by Gasteiger charge is 2.09. The Morgan fingerprint density at radius 3 is 2.86 bits per heavy atom. The summed E-state index contributed by atoms with van der Waals surface area (Å²) in [6, 6.07) is 8.12. The smallest absolute Gasteiger partial charge is 0.194 e. The Bertz CT molecular complexity index is 571. The molecule has 2 heterocycles. The van der Waals surface area contributed by atoms with Gasteiger partial charge in [0.05, 0.1) is 12.8 Å². The van der Waals surface area contributed by atoms with Crippen molar-refractivity contribution in [3.63, 3.8) is 0 Å². The molecule has 1 N–H and O–H groups in total. The molecule has 0 amide bonds. The minimum absolute atomic E-state index is 0.813. The van der Waals surface area contributed by atoms with Crippen LogP contribution in [-0.4, -0.2) is 35.6 Å². The number of aryl methyl sites for hydroxylation is 1. The van der Waals surface area contributed by atoms with Gasteiger partial charge in [-0.3, -0.25) is 4.99 Å². The van der Waals surface area contributed by atoms with Gasteiger partial charge in [0.15, 0.2) is 5.96 Å². The summed E-state index contributed by atoms with van der Waals surface area (Å²) in [5.74, 6) is 1.93. The molecule has 0 aromatic carbocycles.